The van der Waals surface area contributed by atoms with Crippen molar-refractivity contribution in [1.29, 1.82) is 0 Å². The van der Waals surface area contributed by atoms with Crippen LogP contribution in [0.25, 0.3) is 21.7 Å². The zero-order valence-corrected chi connectivity index (χ0v) is 16.3. The van der Waals surface area contributed by atoms with Gasteiger partial charge in [-0.3, -0.25) is 4.99 Å². The number of phenols is 1. The van der Waals surface area contributed by atoms with Gasteiger partial charge in [0.1, 0.15) is 22.7 Å². The monoisotopic (exact) mass is 379 g/mol. The van der Waals surface area contributed by atoms with Gasteiger partial charge in [-0.1, -0.05) is 43.5 Å². The Morgan fingerprint density at radius 3 is 2.68 bits per heavy atom. The summed E-state index contributed by atoms with van der Waals surface area (Å²) in [6.45, 7) is 3.80. The molecule has 0 radical (unpaired) electrons. The van der Waals surface area contributed by atoms with Crippen molar-refractivity contribution in [2.45, 2.75) is 52.0 Å². The molecule has 0 amide bonds. The molecule has 5 heteroatoms. The van der Waals surface area contributed by atoms with Gasteiger partial charge in [-0.15, -0.1) is 0 Å². The van der Waals surface area contributed by atoms with Gasteiger partial charge in [-0.05, 0) is 26.7 Å². The number of aryl methyl sites for hydroxylation is 1. The van der Waals surface area contributed by atoms with Crippen molar-refractivity contribution in [3.63, 3.8) is 0 Å². The van der Waals surface area contributed by atoms with Crippen LogP contribution in [0.1, 0.15) is 60.7 Å². The van der Waals surface area contributed by atoms with E-state index in [0.717, 1.165) is 18.2 Å². The maximum Gasteiger partial charge on any atom is 0.342 e. The number of nitrogens with zero attached hydrogens (tertiary/aromatic N) is 1. The summed E-state index contributed by atoms with van der Waals surface area (Å²) in [7, 11) is 0. The molecule has 28 heavy (non-hydrogen) atoms. The molecule has 1 heterocycles. The van der Waals surface area contributed by atoms with Crippen molar-refractivity contribution in [1.82, 2.24) is 0 Å². The number of fused-ring (bicyclic) bond motifs is 3. The van der Waals surface area contributed by atoms with Crippen LogP contribution in [0, 0.1) is 6.92 Å². The topological polar surface area (TPSA) is 72.0 Å². The Kier molecular flexibility index (Phi) is 5.07. The Balaban J connectivity index is 1.97. The van der Waals surface area contributed by atoms with Crippen molar-refractivity contribution in [3.8, 4) is 5.75 Å². The third-order valence-corrected chi connectivity index (χ3v) is 5.50. The van der Waals surface area contributed by atoms with E-state index in [1.165, 1.54) is 19.3 Å². The lowest BCUT2D eigenvalue weighted by Gasteiger charge is -2.17. The van der Waals surface area contributed by atoms with Gasteiger partial charge in [-0.25, -0.2) is 4.79 Å². The number of aliphatic imine (C=N–C) groups is 1. The van der Waals surface area contributed by atoms with E-state index in [-0.39, 0.29) is 18.4 Å². The molecule has 0 atom stereocenters. The number of esters is 1. The minimum atomic E-state index is -0.444. The Bertz CT molecular complexity index is 1060. The van der Waals surface area contributed by atoms with Gasteiger partial charge in [0.25, 0.3) is 0 Å². The first-order valence-electron chi connectivity index (χ1n) is 9.98. The fourth-order valence-corrected chi connectivity index (χ4v) is 4.13. The van der Waals surface area contributed by atoms with Crippen molar-refractivity contribution < 1.29 is 19.1 Å². The predicted octanol–water partition coefficient (Wildman–Crippen LogP) is 5.53. The molecule has 5 nitrogen and oxygen atoms in total. The smallest absolute Gasteiger partial charge is 0.342 e. The predicted molar refractivity (Wildman–Crippen MR) is 111 cm³/mol. The largest absolute Gasteiger partial charge is 0.507 e. The van der Waals surface area contributed by atoms with E-state index in [1.807, 2.05) is 24.3 Å². The highest BCUT2D eigenvalue weighted by molar-refractivity contribution is 6.21. The number of furan rings is 1. The van der Waals surface area contributed by atoms with Crippen LogP contribution in [-0.2, 0) is 4.74 Å². The highest BCUT2D eigenvalue weighted by atomic mass is 16.5. The van der Waals surface area contributed by atoms with E-state index in [0.29, 0.717) is 33.2 Å². The number of hydrogen-bond acceptors (Lipinski definition) is 5. The van der Waals surface area contributed by atoms with Crippen molar-refractivity contribution >= 4 is 33.9 Å². The number of benzene rings is 2. The van der Waals surface area contributed by atoms with Crippen LogP contribution in [-0.4, -0.2) is 29.9 Å². The lowest BCUT2D eigenvalue weighted by molar-refractivity contribution is 0.0526. The van der Waals surface area contributed by atoms with Gasteiger partial charge in [0.2, 0.25) is 0 Å². The molecule has 0 spiro atoms. The number of ether oxygens (including phenoxy) is 1. The summed E-state index contributed by atoms with van der Waals surface area (Å²) in [5.41, 5.74) is 1.47. The molecule has 2 aromatic carbocycles. The molecular weight excluding hydrogens is 354 g/mol. The standard InChI is InChI=1S/C23H25NO4/c1-3-27-23(26)19-14(2)28-22-17-12-8-7-11-16(17)21(25)18(20(19)22)13-24-15-9-5-4-6-10-15/h7-8,11-13,15,25H,3-6,9-10H2,1-2H3. The van der Waals surface area contributed by atoms with Crippen LogP contribution in [0.15, 0.2) is 33.7 Å². The number of hydrogen-bond donors (Lipinski definition) is 1. The maximum absolute atomic E-state index is 12.6. The minimum absolute atomic E-state index is 0.119. The molecule has 146 valence electrons. The molecule has 1 aromatic heterocycles. The highest BCUT2D eigenvalue weighted by Gasteiger charge is 2.26. The van der Waals surface area contributed by atoms with Crippen LogP contribution >= 0.6 is 0 Å². The number of carbonyl (C=O) groups is 1. The third kappa shape index (κ3) is 3.15. The molecule has 1 fully saturated rings. The van der Waals surface area contributed by atoms with Crippen molar-refractivity contribution in [3.05, 3.63) is 41.2 Å². The lowest BCUT2D eigenvalue weighted by Crippen LogP contribution is -2.10. The second kappa shape index (κ2) is 7.66. The second-order valence-electron chi connectivity index (χ2n) is 7.34. The van der Waals surface area contributed by atoms with Crippen LogP contribution in [0.2, 0.25) is 0 Å². The van der Waals surface area contributed by atoms with Crippen molar-refractivity contribution in [2.24, 2.45) is 4.99 Å². The molecule has 1 saturated carbocycles. The van der Waals surface area contributed by atoms with Crippen LogP contribution in [0.3, 0.4) is 0 Å². The zero-order chi connectivity index (χ0) is 19.7. The fraction of sp³-hybridized carbons (Fsp3) is 0.391. The number of aromatic hydroxyl groups is 1. The number of rotatable bonds is 4. The Hall–Kier alpha value is -2.82. The Morgan fingerprint density at radius 1 is 1.25 bits per heavy atom. The average Bonchev–Trinajstić information content (AvgIpc) is 3.06. The van der Waals surface area contributed by atoms with E-state index in [1.54, 1.807) is 20.1 Å². The summed E-state index contributed by atoms with van der Waals surface area (Å²) in [4.78, 5) is 17.4. The molecule has 0 bridgehead atoms. The molecule has 4 rings (SSSR count). The average molecular weight is 379 g/mol. The SMILES string of the molecule is CCOC(=O)c1c(C)oc2c1c(C=NC1CCCCC1)c(O)c1ccccc12. The molecular formula is C23H25NO4. The van der Waals surface area contributed by atoms with Crippen LogP contribution < -0.4 is 0 Å². The van der Waals surface area contributed by atoms with E-state index < -0.39 is 5.97 Å². The van der Waals surface area contributed by atoms with Gasteiger partial charge >= 0.3 is 5.97 Å². The second-order valence-corrected chi connectivity index (χ2v) is 7.34. The van der Waals surface area contributed by atoms with Gasteiger partial charge in [0, 0.05) is 34.0 Å². The lowest BCUT2D eigenvalue weighted by atomic mass is 9.95. The quantitative estimate of drug-likeness (QED) is 0.478. The third-order valence-electron chi connectivity index (χ3n) is 5.50. The van der Waals surface area contributed by atoms with Crippen LogP contribution in [0.5, 0.6) is 5.75 Å². The highest BCUT2D eigenvalue weighted by Crippen LogP contribution is 2.41. The van der Waals surface area contributed by atoms with Crippen molar-refractivity contribution in [2.75, 3.05) is 6.61 Å². The summed E-state index contributed by atoms with van der Waals surface area (Å²) in [5.74, 6) is 0.159. The Labute approximate surface area is 164 Å². The van der Waals surface area contributed by atoms with E-state index in [9.17, 15) is 9.90 Å². The minimum Gasteiger partial charge on any atom is -0.507 e. The van der Waals surface area contributed by atoms with Gasteiger partial charge in [0.15, 0.2) is 0 Å². The number of carbonyl (C=O) groups excluding carboxylic acids is 1. The molecule has 1 N–H and O–H groups in total. The summed E-state index contributed by atoms with van der Waals surface area (Å²) < 4.78 is 11.2. The van der Waals surface area contributed by atoms with E-state index >= 15 is 0 Å². The molecule has 0 saturated heterocycles. The van der Waals surface area contributed by atoms with E-state index in [2.05, 4.69) is 0 Å². The van der Waals surface area contributed by atoms with Crippen LogP contribution in [0.4, 0.5) is 0 Å². The molecule has 1 aliphatic carbocycles. The number of phenolic OH excluding ortho intramolecular Hbond substituents is 1. The maximum atomic E-state index is 12.6. The summed E-state index contributed by atoms with van der Waals surface area (Å²) >= 11 is 0. The summed E-state index contributed by atoms with van der Waals surface area (Å²) in [5, 5.41) is 13.1. The molecule has 3 aromatic rings. The summed E-state index contributed by atoms with van der Waals surface area (Å²) in [6, 6.07) is 7.76. The fourth-order valence-electron chi connectivity index (χ4n) is 4.13. The summed E-state index contributed by atoms with van der Waals surface area (Å²) in [6.07, 6.45) is 7.45. The normalized spacial score (nSPS) is 15.6. The Morgan fingerprint density at radius 2 is 1.96 bits per heavy atom. The molecule has 1 aliphatic rings. The molecule has 0 aliphatic heterocycles. The molecule has 0 unspecified atom stereocenters. The van der Waals surface area contributed by atoms with Gasteiger partial charge in [0.05, 0.1) is 6.61 Å². The van der Waals surface area contributed by atoms with E-state index in [4.69, 9.17) is 14.1 Å². The van der Waals surface area contributed by atoms with Gasteiger partial charge < -0.3 is 14.3 Å². The van der Waals surface area contributed by atoms with Gasteiger partial charge in [-0.2, -0.15) is 0 Å². The zero-order valence-electron chi connectivity index (χ0n) is 16.3. The first kappa shape index (κ1) is 18.5. The first-order chi connectivity index (χ1) is 13.6. The first-order valence-corrected chi connectivity index (χ1v) is 9.98.